The van der Waals surface area contributed by atoms with E-state index in [0.29, 0.717) is 23.1 Å². The Morgan fingerprint density at radius 2 is 2.00 bits per heavy atom. The Bertz CT molecular complexity index is 454. The summed E-state index contributed by atoms with van der Waals surface area (Å²) in [4.78, 5) is 0. The first-order valence-electron chi connectivity index (χ1n) is 4.93. The van der Waals surface area contributed by atoms with E-state index in [1.165, 1.54) is 0 Å². The SMILES string of the molecule is Clc1ccc(CNCc2ccco2)c(Cl)c1. The van der Waals surface area contributed by atoms with Gasteiger partial charge in [0.05, 0.1) is 12.8 Å². The van der Waals surface area contributed by atoms with Crippen LogP contribution < -0.4 is 5.32 Å². The summed E-state index contributed by atoms with van der Waals surface area (Å²) in [5.41, 5.74) is 1.03. The van der Waals surface area contributed by atoms with Crippen molar-refractivity contribution in [1.82, 2.24) is 5.32 Å². The molecular weight excluding hydrogens is 245 g/mol. The molecule has 0 fully saturated rings. The minimum absolute atomic E-state index is 0.653. The molecule has 2 rings (SSSR count). The summed E-state index contributed by atoms with van der Waals surface area (Å²) in [6, 6.07) is 9.28. The van der Waals surface area contributed by atoms with E-state index in [1.54, 1.807) is 12.3 Å². The predicted molar refractivity (Wildman–Crippen MR) is 65.7 cm³/mol. The number of halogens is 2. The fraction of sp³-hybridized carbons (Fsp3) is 0.167. The zero-order chi connectivity index (χ0) is 11.4. The van der Waals surface area contributed by atoms with Crippen molar-refractivity contribution < 1.29 is 4.42 Å². The molecule has 1 aromatic heterocycles. The fourth-order valence-corrected chi connectivity index (χ4v) is 1.87. The number of furan rings is 1. The van der Waals surface area contributed by atoms with E-state index in [4.69, 9.17) is 27.6 Å². The average molecular weight is 256 g/mol. The van der Waals surface area contributed by atoms with Crippen LogP contribution in [-0.4, -0.2) is 0 Å². The lowest BCUT2D eigenvalue weighted by atomic mass is 10.2. The lowest BCUT2D eigenvalue weighted by Gasteiger charge is -2.05. The molecule has 0 aliphatic heterocycles. The summed E-state index contributed by atoms with van der Waals surface area (Å²) in [5.74, 6) is 0.907. The van der Waals surface area contributed by atoms with Crippen LogP contribution in [0.5, 0.6) is 0 Å². The van der Waals surface area contributed by atoms with Crippen LogP contribution in [0.15, 0.2) is 41.0 Å². The topological polar surface area (TPSA) is 25.2 Å². The molecule has 1 heterocycles. The Labute approximate surface area is 104 Å². The molecule has 0 radical (unpaired) electrons. The van der Waals surface area contributed by atoms with Crippen LogP contribution in [-0.2, 0) is 13.1 Å². The zero-order valence-electron chi connectivity index (χ0n) is 8.54. The van der Waals surface area contributed by atoms with E-state index in [2.05, 4.69) is 5.32 Å². The molecule has 0 bridgehead atoms. The van der Waals surface area contributed by atoms with Gasteiger partial charge in [0.15, 0.2) is 0 Å². The highest BCUT2D eigenvalue weighted by molar-refractivity contribution is 6.35. The molecule has 84 valence electrons. The van der Waals surface area contributed by atoms with Gasteiger partial charge in [0.1, 0.15) is 5.76 Å². The van der Waals surface area contributed by atoms with Crippen molar-refractivity contribution in [2.24, 2.45) is 0 Å². The van der Waals surface area contributed by atoms with Crippen molar-refractivity contribution >= 4 is 23.2 Å². The molecule has 0 aliphatic carbocycles. The van der Waals surface area contributed by atoms with Gasteiger partial charge in [-0.3, -0.25) is 0 Å². The molecule has 16 heavy (non-hydrogen) atoms. The van der Waals surface area contributed by atoms with Gasteiger partial charge in [0, 0.05) is 16.6 Å². The smallest absolute Gasteiger partial charge is 0.117 e. The predicted octanol–water partition coefficient (Wildman–Crippen LogP) is 3.88. The van der Waals surface area contributed by atoms with Gasteiger partial charge in [-0.1, -0.05) is 29.3 Å². The second-order valence-electron chi connectivity index (χ2n) is 3.42. The summed E-state index contributed by atoms with van der Waals surface area (Å²) in [6.07, 6.45) is 1.66. The molecule has 0 atom stereocenters. The molecule has 0 amide bonds. The monoisotopic (exact) mass is 255 g/mol. The summed E-state index contributed by atoms with van der Waals surface area (Å²) in [6.45, 7) is 1.38. The maximum Gasteiger partial charge on any atom is 0.117 e. The zero-order valence-corrected chi connectivity index (χ0v) is 10.1. The van der Waals surface area contributed by atoms with Crippen molar-refractivity contribution in [3.05, 3.63) is 58.0 Å². The van der Waals surface area contributed by atoms with Crippen LogP contribution in [0.4, 0.5) is 0 Å². The molecule has 0 saturated carbocycles. The minimum atomic E-state index is 0.653. The number of benzene rings is 1. The largest absolute Gasteiger partial charge is 0.468 e. The first kappa shape index (κ1) is 11.5. The summed E-state index contributed by atoms with van der Waals surface area (Å²) >= 11 is 11.9. The Hall–Kier alpha value is -0.960. The van der Waals surface area contributed by atoms with Gasteiger partial charge in [-0.2, -0.15) is 0 Å². The van der Waals surface area contributed by atoms with E-state index in [9.17, 15) is 0 Å². The van der Waals surface area contributed by atoms with Gasteiger partial charge in [-0.15, -0.1) is 0 Å². The first-order valence-corrected chi connectivity index (χ1v) is 5.68. The first-order chi connectivity index (χ1) is 7.75. The van der Waals surface area contributed by atoms with E-state index < -0.39 is 0 Å². The van der Waals surface area contributed by atoms with Crippen LogP contribution in [0, 0.1) is 0 Å². The second-order valence-corrected chi connectivity index (χ2v) is 4.26. The third-order valence-corrected chi connectivity index (χ3v) is 2.80. The minimum Gasteiger partial charge on any atom is -0.468 e. The van der Waals surface area contributed by atoms with Crippen molar-refractivity contribution in [3.8, 4) is 0 Å². The van der Waals surface area contributed by atoms with Crippen molar-refractivity contribution in [2.45, 2.75) is 13.1 Å². The van der Waals surface area contributed by atoms with Crippen LogP contribution in [0.3, 0.4) is 0 Å². The van der Waals surface area contributed by atoms with Gasteiger partial charge < -0.3 is 9.73 Å². The second kappa shape index (κ2) is 5.39. The maximum atomic E-state index is 6.04. The molecule has 1 N–H and O–H groups in total. The van der Waals surface area contributed by atoms with Gasteiger partial charge in [0.2, 0.25) is 0 Å². The van der Waals surface area contributed by atoms with Crippen LogP contribution >= 0.6 is 23.2 Å². The standard InChI is InChI=1S/C12H11Cl2NO/c13-10-4-3-9(12(14)6-10)7-15-8-11-2-1-5-16-11/h1-6,15H,7-8H2. The van der Waals surface area contributed by atoms with Crippen LogP contribution in [0.25, 0.3) is 0 Å². The Balaban J connectivity index is 1.90. The Morgan fingerprint density at radius 3 is 2.69 bits per heavy atom. The molecular formula is C12H11Cl2NO. The Kier molecular flexibility index (Phi) is 3.88. The third kappa shape index (κ3) is 3.01. The van der Waals surface area contributed by atoms with Crippen molar-refractivity contribution in [1.29, 1.82) is 0 Å². The quantitative estimate of drug-likeness (QED) is 0.898. The Morgan fingerprint density at radius 1 is 1.12 bits per heavy atom. The van der Waals surface area contributed by atoms with Crippen LogP contribution in [0.1, 0.15) is 11.3 Å². The molecule has 0 saturated heterocycles. The van der Waals surface area contributed by atoms with E-state index in [-0.39, 0.29) is 0 Å². The highest BCUT2D eigenvalue weighted by Gasteiger charge is 2.01. The molecule has 2 aromatic rings. The van der Waals surface area contributed by atoms with Gasteiger partial charge in [-0.05, 0) is 29.8 Å². The lowest BCUT2D eigenvalue weighted by Crippen LogP contribution is -2.12. The number of rotatable bonds is 4. The lowest BCUT2D eigenvalue weighted by molar-refractivity contribution is 0.483. The van der Waals surface area contributed by atoms with Gasteiger partial charge >= 0.3 is 0 Å². The summed E-state index contributed by atoms with van der Waals surface area (Å²) in [5, 5.41) is 4.58. The third-order valence-electron chi connectivity index (χ3n) is 2.21. The molecule has 0 spiro atoms. The number of nitrogens with one attached hydrogen (secondary N) is 1. The molecule has 0 unspecified atom stereocenters. The normalized spacial score (nSPS) is 10.6. The number of hydrogen-bond donors (Lipinski definition) is 1. The van der Waals surface area contributed by atoms with E-state index >= 15 is 0 Å². The average Bonchev–Trinajstić information content (AvgIpc) is 2.74. The molecule has 4 heteroatoms. The molecule has 1 aromatic carbocycles. The van der Waals surface area contributed by atoms with Crippen LogP contribution in [0.2, 0.25) is 10.0 Å². The van der Waals surface area contributed by atoms with Crippen molar-refractivity contribution in [2.75, 3.05) is 0 Å². The van der Waals surface area contributed by atoms with Crippen molar-refractivity contribution in [3.63, 3.8) is 0 Å². The van der Waals surface area contributed by atoms with E-state index in [1.807, 2.05) is 24.3 Å². The fourth-order valence-electron chi connectivity index (χ4n) is 1.40. The highest BCUT2D eigenvalue weighted by atomic mass is 35.5. The summed E-state index contributed by atoms with van der Waals surface area (Å²) < 4.78 is 5.20. The van der Waals surface area contributed by atoms with Gasteiger partial charge in [0.25, 0.3) is 0 Å². The van der Waals surface area contributed by atoms with E-state index in [0.717, 1.165) is 11.3 Å². The molecule has 0 aliphatic rings. The maximum absolute atomic E-state index is 6.04. The number of hydrogen-bond acceptors (Lipinski definition) is 2. The highest BCUT2D eigenvalue weighted by Crippen LogP contribution is 2.20. The van der Waals surface area contributed by atoms with Gasteiger partial charge in [-0.25, -0.2) is 0 Å². The summed E-state index contributed by atoms with van der Waals surface area (Å²) in [7, 11) is 0. The molecule has 2 nitrogen and oxygen atoms in total.